The zero-order chi connectivity index (χ0) is 25.1. The Morgan fingerprint density at radius 3 is 2.69 bits per heavy atom. The van der Waals surface area contributed by atoms with Crippen LogP contribution in [0.2, 0.25) is 0 Å². The highest BCUT2D eigenvalue weighted by Gasteiger charge is 2.23. The highest BCUT2D eigenvalue weighted by atomic mass is 32.1. The van der Waals surface area contributed by atoms with Crippen molar-refractivity contribution in [3.63, 3.8) is 0 Å². The summed E-state index contributed by atoms with van der Waals surface area (Å²) in [6, 6.07) is 7.92. The maximum atomic E-state index is 13.0. The number of fused-ring (bicyclic) bond motifs is 1. The van der Waals surface area contributed by atoms with Gasteiger partial charge in [-0.1, -0.05) is 6.92 Å². The van der Waals surface area contributed by atoms with Crippen molar-refractivity contribution < 1.29 is 9.59 Å². The molecule has 1 saturated heterocycles. The fraction of sp³-hybridized carbons (Fsp3) is 0.462. The van der Waals surface area contributed by atoms with E-state index in [0.717, 1.165) is 35.0 Å². The van der Waals surface area contributed by atoms with E-state index in [1.807, 2.05) is 29.7 Å². The van der Waals surface area contributed by atoms with Gasteiger partial charge in [0.25, 0.3) is 5.91 Å². The topological polar surface area (TPSA) is 96.3 Å². The standard InChI is InChI=1S/C26H33N5O3S/c1-5-30-13-7-8-17(30)15-28-22(32)14-18-9-12-21(35-18)20-11-10-19-24(33)23(26(34)27-4)16(3)31(6-2)25(19)29-20/h9-12,17H,5-8,13-15H2,1-4H3,(H,27,34)(H,28,32). The van der Waals surface area contributed by atoms with Gasteiger partial charge in [0, 0.05) is 36.8 Å². The monoisotopic (exact) mass is 495 g/mol. The lowest BCUT2D eigenvalue weighted by atomic mass is 10.1. The maximum absolute atomic E-state index is 13.0. The van der Waals surface area contributed by atoms with Gasteiger partial charge in [-0.3, -0.25) is 19.3 Å². The largest absolute Gasteiger partial charge is 0.355 e. The van der Waals surface area contributed by atoms with E-state index in [1.54, 1.807) is 13.0 Å². The smallest absolute Gasteiger partial charge is 0.256 e. The van der Waals surface area contributed by atoms with Gasteiger partial charge in [0.2, 0.25) is 11.3 Å². The molecule has 1 atom stereocenters. The van der Waals surface area contributed by atoms with Crippen molar-refractivity contribution in [1.29, 1.82) is 0 Å². The molecule has 0 saturated carbocycles. The first kappa shape index (κ1) is 25.1. The van der Waals surface area contributed by atoms with Gasteiger partial charge in [-0.15, -0.1) is 11.3 Å². The predicted molar refractivity (Wildman–Crippen MR) is 140 cm³/mol. The average molecular weight is 496 g/mol. The number of aromatic nitrogens is 2. The minimum atomic E-state index is -0.391. The van der Waals surface area contributed by atoms with Crippen molar-refractivity contribution in [3.8, 4) is 10.6 Å². The molecule has 1 fully saturated rings. The zero-order valence-corrected chi connectivity index (χ0v) is 21.6. The summed E-state index contributed by atoms with van der Waals surface area (Å²) in [4.78, 5) is 47.0. The third-order valence-corrected chi connectivity index (χ3v) is 7.94. The van der Waals surface area contributed by atoms with E-state index < -0.39 is 5.91 Å². The molecule has 4 rings (SSSR count). The third-order valence-electron chi connectivity index (χ3n) is 6.83. The molecule has 0 radical (unpaired) electrons. The molecule has 0 spiro atoms. The van der Waals surface area contributed by atoms with Gasteiger partial charge in [-0.2, -0.15) is 0 Å². The molecule has 1 aliphatic heterocycles. The fourth-order valence-electron chi connectivity index (χ4n) is 4.95. The molecule has 1 aliphatic rings. The molecule has 2 amide bonds. The number of rotatable bonds is 8. The summed E-state index contributed by atoms with van der Waals surface area (Å²) in [7, 11) is 1.52. The van der Waals surface area contributed by atoms with Crippen LogP contribution in [0.4, 0.5) is 0 Å². The summed E-state index contributed by atoms with van der Waals surface area (Å²) in [6.07, 6.45) is 2.67. The number of nitrogens with one attached hydrogen (secondary N) is 2. The lowest BCUT2D eigenvalue weighted by Gasteiger charge is -2.22. The van der Waals surface area contributed by atoms with E-state index in [1.165, 1.54) is 24.8 Å². The molecule has 186 valence electrons. The van der Waals surface area contributed by atoms with E-state index in [-0.39, 0.29) is 16.9 Å². The molecule has 0 aromatic carbocycles. The Morgan fingerprint density at radius 1 is 1.17 bits per heavy atom. The Hall–Kier alpha value is -3.04. The normalized spacial score (nSPS) is 16.1. The Labute approximate surface area is 209 Å². The van der Waals surface area contributed by atoms with Crippen LogP contribution in [0, 0.1) is 6.92 Å². The summed E-state index contributed by atoms with van der Waals surface area (Å²) in [5, 5.41) is 6.08. The van der Waals surface area contributed by atoms with Crippen LogP contribution in [-0.2, 0) is 17.8 Å². The van der Waals surface area contributed by atoms with Gasteiger partial charge in [-0.05, 0) is 64.0 Å². The number of carbonyl (C=O) groups is 2. The van der Waals surface area contributed by atoms with Crippen LogP contribution in [0.3, 0.4) is 0 Å². The SMILES string of the molecule is CCN1CCCC1CNC(=O)Cc1ccc(-c2ccc3c(=O)c(C(=O)NC)c(C)n(CC)c3n2)s1. The van der Waals surface area contributed by atoms with Crippen LogP contribution in [0.5, 0.6) is 0 Å². The van der Waals surface area contributed by atoms with Crippen LogP contribution in [0.15, 0.2) is 29.1 Å². The summed E-state index contributed by atoms with van der Waals surface area (Å²) in [5.74, 6) is -0.359. The lowest BCUT2D eigenvalue weighted by molar-refractivity contribution is -0.120. The molecule has 0 bridgehead atoms. The minimum absolute atomic E-state index is 0.0324. The minimum Gasteiger partial charge on any atom is -0.355 e. The van der Waals surface area contributed by atoms with E-state index in [0.29, 0.717) is 42.3 Å². The van der Waals surface area contributed by atoms with E-state index >= 15 is 0 Å². The summed E-state index contributed by atoms with van der Waals surface area (Å²) < 4.78 is 1.90. The zero-order valence-electron chi connectivity index (χ0n) is 20.8. The number of likely N-dealkylation sites (tertiary alicyclic amines) is 1. The Balaban J connectivity index is 1.54. The first-order valence-electron chi connectivity index (χ1n) is 12.2. The molecule has 3 aromatic rings. The van der Waals surface area contributed by atoms with Gasteiger partial charge in [-0.25, -0.2) is 4.98 Å². The van der Waals surface area contributed by atoms with Gasteiger partial charge >= 0.3 is 0 Å². The highest BCUT2D eigenvalue weighted by molar-refractivity contribution is 7.15. The molecule has 1 unspecified atom stereocenters. The number of amides is 2. The molecule has 35 heavy (non-hydrogen) atoms. The van der Waals surface area contributed by atoms with Crippen molar-refractivity contribution in [3.05, 3.63) is 50.6 Å². The number of nitrogens with zero attached hydrogens (tertiary/aromatic N) is 3. The van der Waals surface area contributed by atoms with Gasteiger partial charge in [0.15, 0.2) is 0 Å². The van der Waals surface area contributed by atoms with Gasteiger partial charge in [0.1, 0.15) is 11.2 Å². The van der Waals surface area contributed by atoms with Crippen LogP contribution in [0.25, 0.3) is 21.6 Å². The molecular formula is C26H33N5O3S. The average Bonchev–Trinajstić information content (AvgIpc) is 3.52. The predicted octanol–water partition coefficient (Wildman–Crippen LogP) is 2.96. The number of carbonyl (C=O) groups excluding carboxylic acids is 2. The summed E-state index contributed by atoms with van der Waals surface area (Å²) >= 11 is 1.53. The van der Waals surface area contributed by atoms with Crippen LogP contribution in [0.1, 0.15) is 47.6 Å². The molecular weight excluding hydrogens is 462 g/mol. The summed E-state index contributed by atoms with van der Waals surface area (Å²) in [5.41, 5.74) is 1.74. The third kappa shape index (κ3) is 5.01. The number of hydrogen-bond acceptors (Lipinski definition) is 6. The number of likely N-dealkylation sites (N-methyl/N-ethyl adjacent to an activating group) is 1. The number of pyridine rings is 2. The van der Waals surface area contributed by atoms with Crippen molar-refractivity contribution >= 4 is 34.2 Å². The Bertz CT molecular complexity index is 1310. The molecule has 9 heteroatoms. The molecule has 4 heterocycles. The quantitative estimate of drug-likeness (QED) is 0.501. The number of hydrogen-bond donors (Lipinski definition) is 2. The van der Waals surface area contributed by atoms with Gasteiger partial charge < -0.3 is 15.2 Å². The molecule has 8 nitrogen and oxygen atoms in total. The number of aryl methyl sites for hydroxylation is 1. The Morgan fingerprint density at radius 2 is 1.97 bits per heavy atom. The number of thiophene rings is 1. The van der Waals surface area contributed by atoms with Gasteiger partial charge in [0.05, 0.1) is 22.4 Å². The van der Waals surface area contributed by atoms with Crippen LogP contribution >= 0.6 is 11.3 Å². The maximum Gasteiger partial charge on any atom is 0.256 e. The molecule has 0 aliphatic carbocycles. The van der Waals surface area contributed by atoms with E-state index in [4.69, 9.17) is 4.98 Å². The Kier molecular flexibility index (Phi) is 7.66. The van der Waals surface area contributed by atoms with Crippen molar-refractivity contribution in [2.24, 2.45) is 0 Å². The van der Waals surface area contributed by atoms with Crippen molar-refractivity contribution in [1.82, 2.24) is 25.1 Å². The van der Waals surface area contributed by atoms with Crippen LogP contribution < -0.4 is 16.1 Å². The van der Waals surface area contributed by atoms with E-state index in [9.17, 15) is 14.4 Å². The molecule has 2 N–H and O–H groups in total. The lowest BCUT2D eigenvalue weighted by Crippen LogP contribution is -2.40. The second-order valence-corrected chi connectivity index (χ2v) is 10.0. The second kappa shape index (κ2) is 10.7. The van der Waals surface area contributed by atoms with E-state index in [2.05, 4.69) is 22.5 Å². The van der Waals surface area contributed by atoms with Crippen molar-refractivity contribution in [2.75, 3.05) is 26.7 Å². The highest BCUT2D eigenvalue weighted by Crippen LogP contribution is 2.29. The first-order chi connectivity index (χ1) is 16.9. The first-order valence-corrected chi connectivity index (χ1v) is 13.1. The van der Waals surface area contributed by atoms with Crippen LogP contribution in [-0.4, -0.2) is 59.0 Å². The molecule has 3 aromatic heterocycles. The summed E-state index contributed by atoms with van der Waals surface area (Å²) in [6.45, 7) is 9.31. The van der Waals surface area contributed by atoms with Crippen molar-refractivity contribution in [2.45, 2.75) is 52.6 Å². The fourth-order valence-corrected chi connectivity index (χ4v) is 5.92. The second-order valence-electron chi connectivity index (χ2n) is 8.85.